The van der Waals surface area contributed by atoms with Gasteiger partial charge in [-0.25, -0.2) is 0 Å². The Morgan fingerprint density at radius 1 is 1.44 bits per heavy atom. The lowest BCUT2D eigenvalue weighted by Crippen LogP contribution is -2.37. The highest BCUT2D eigenvalue weighted by molar-refractivity contribution is 5.06. The van der Waals surface area contributed by atoms with Crippen molar-refractivity contribution < 1.29 is 4.74 Å². The Balaban J connectivity index is 2.48. The first-order valence-electron chi connectivity index (χ1n) is 6.05. The molecular formula is C13H24N2O. The summed E-state index contributed by atoms with van der Waals surface area (Å²) >= 11 is 0. The van der Waals surface area contributed by atoms with Gasteiger partial charge < -0.3 is 14.6 Å². The van der Waals surface area contributed by atoms with E-state index in [2.05, 4.69) is 49.0 Å². The number of hydrogen-bond acceptors (Lipinski definition) is 2. The van der Waals surface area contributed by atoms with Crippen LogP contribution in [0.4, 0.5) is 0 Å². The number of rotatable bonds is 7. The Kier molecular flexibility index (Phi) is 5.56. The molecule has 1 unspecified atom stereocenters. The van der Waals surface area contributed by atoms with Crippen LogP contribution in [-0.4, -0.2) is 24.3 Å². The minimum atomic E-state index is 0.421. The highest BCUT2D eigenvalue weighted by Gasteiger charge is 2.12. The van der Waals surface area contributed by atoms with Gasteiger partial charge in [0.1, 0.15) is 0 Å². The molecule has 0 bridgehead atoms. The normalized spacial score (nSPS) is 13.3. The van der Waals surface area contributed by atoms with Crippen LogP contribution in [0, 0.1) is 5.92 Å². The summed E-state index contributed by atoms with van der Waals surface area (Å²) in [7, 11) is 1.76. The molecule has 0 aliphatic heterocycles. The van der Waals surface area contributed by atoms with Gasteiger partial charge in [-0.05, 0) is 25.0 Å². The van der Waals surface area contributed by atoms with Crippen LogP contribution in [0.15, 0.2) is 18.3 Å². The number of nitrogens with one attached hydrogen (secondary N) is 1. The van der Waals surface area contributed by atoms with Crippen molar-refractivity contribution in [1.29, 1.82) is 0 Å². The zero-order valence-corrected chi connectivity index (χ0v) is 10.9. The Morgan fingerprint density at radius 2 is 2.19 bits per heavy atom. The van der Waals surface area contributed by atoms with Gasteiger partial charge in [-0.2, -0.15) is 0 Å². The molecule has 92 valence electrons. The minimum absolute atomic E-state index is 0.421. The smallest absolute Gasteiger partial charge is 0.0618 e. The van der Waals surface area contributed by atoms with E-state index in [9.17, 15) is 0 Å². The highest BCUT2D eigenvalue weighted by Crippen LogP contribution is 2.06. The second kappa shape index (κ2) is 6.71. The van der Waals surface area contributed by atoms with Gasteiger partial charge >= 0.3 is 0 Å². The second-order valence-electron chi connectivity index (χ2n) is 4.47. The van der Waals surface area contributed by atoms with Crippen molar-refractivity contribution in [1.82, 2.24) is 9.88 Å². The van der Waals surface area contributed by atoms with Crippen LogP contribution < -0.4 is 5.32 Å². The lowest BCUT2D eigenvalue weighted by Gasteiger charge is -2.22. The monoisotopic (exact) mass is 224 g/mol. The molecule has 0 radical (unpaired) electrons. The zero-order valence-electron chi connectivity index (χ0n) is 10.9. The Hall–Kier alpha value is -0.800. The molecule has 0 aliphatic carbocycles. The van der Waals surface area contributed by atoms with Crippen LogP contribution in [0.25, 0.3) is 0 Å². The summed E-state index contributed by atoms with van der Waals surface area (Å²) in [5, 5.41) is 3.55. The first-order chi connectivity index (χ1) is 7.69. The molecular weight excluding hydrogens is 200 g/mol. The molecule has 0 spiro atoms. The number of aromatic nitrogens is 1. The number of ether oxygens (including phenoxy) is 1. The van der Waals surface area contributed by atoms with Crippen molar-refractivity contribution in [3.63, 3.8) is 0 Å². The predicted octanol–water partition coefficient (Wildman–Crippen LogP) is 2.27. The lowest BCUT2D eigenvalue weighted by atomic mass is 10.1. The van der Waals surface area contributed by atoms with Crippen molar-refractivity contribution in [2.24, 2.45) is 5.92 Å². The largest absolute Gasteiger partial charge is 0.383 e. The van der Waals surface area contributed by atoms with Gasteiger partial charge in [-0.15, -0.1) is 0 Å². The molecule has 0 aromatic carbocycles. The fourth-order valence-corrected chi connectivity index (χ4v) is 1.82. The summed E-state index contributed by atoms with van der Waals surface area (Å²) in [4.78, 5) is 0. The topological polar surface area (TPSA) is 26.2 Å². The number of hydrogen-bond donors (Lipinski definition) is 1. The van der Waals surface area contributed by atoms with Gasteiger partial charge in [0, 0.05) is 38.1 Å². The average Bonchev–Trinajstić information content (AvgIpc) is 2.71. The number of methoxy groups -OCH3 is 1. The van der Waals surface area contributed by atoms with Crippen LogP contribution in [0.1, 0.15) is 26.5 Å². The van der Waals surface area contributed by atoms with Gasteiger partial charge in [0.25, 0.3) is 0 Å². The van der Waals surface area contributed by atoms with Gasteiger partial charge in [0.15, 0.2) is 0 Å². The first-order valence-corrected chi connectivity index (χ1v) is 6.05. The van der Waals surface area contributed by atoms with E-state index in [4.69, 9.17) is 4.74 Å². The summed E-state index contributed by atoms with van der Waals surface area (Å²) in [5.41, 5.74) is 1.34. The first kappa shape index (κ1) is 13.3. The molecule has 0 saturated heterocycles. The van der Waals surface area contributed by atoms with Crippen molar-refractivity contribution in [2.75, 3.05) is 13.7 Å². The van der Waals surface area contributed by atoms with Crippen molar-refractivity contribution >= 4 is 0 Å². The van der Waals surface area contributed by atoms with Crippen molar-refractivity contribution in [2.45, 2.75) is 39.9 Å². The average molecular weight is 224 g/mol. The van der Waals surface area contributed by atoms with E-state index in [0.717, 1.165) is 19.7 Å². The molecule has 1 aromatic rings. The van der Waals surface area contributed by atoms with Gasteiger partial charge in [-0.1, -0.05) is 13.8 Å². The SMILES string of the molecule is CCn1cccc1CNC(COC)C(C)C. The summed E-state index contributed by atoms with van der Waals surface area (Å²) in [6.45, 7) is 9.31. The van der Waals surface area contributed by atoms with Crippen LogP contribution in [0.3, 0.4) is 0 Å². The quantitative estimate of drug-likeness (QED) is 0.769. The molecule has 0 aliphatic rings. The molecule has 1 N–H and O–H groups in total. The molecule has 1 heterocycles. The van der Waals surface area contributed by atoms with E-state index >= 15 is 0 Å². The van der Waals surface area contributed by atoms with Crippen LogP contribution in [-0.2, 0) is 17.8 Å². The molecule has 0 amide bonds. The van der Waals surface area contributed by atoms with E-state index < -0.39 is 0 Å². The van der Waals surface area contributed by atoms with E-state index in [0.29, 0.717) is 12.0 Å². The summed E-state index contributed by atoms with van der Waals surface area (Å²) in [6, 6.07) is 4.69. The molecule has 1 aromatic heterocycles. The highest BCUT2D eigenvalue weighted by atomic mass is 16.5. The number of nitrogens with zero attached hydrogens (tertiary/aromatic N) is 1. The maximum absolute atomic E-state index is 5.22. The molecule has 1 rings (SSSR count). The van der Waals surface area contributed by atoms with Crippen LogP contribution >= 0.6 is 0 Å². The molecule has 0 saturated carbocycles. The fourth-order valence-electron chi connectivity index (χ4n) is 1.82. The van der Waals surface area contributed by atoms with E-state index in [-0.39, 0.29) is 0 Å². The second-order valence-corrected chi connectivity index (χ2v) is 4.47. The van der Waals surface area contributed by atoms with E-state index in [1.807, 2.05) is 0 Å². The number of aryl methyl sites for hydroxylation is 1. The van der Waals surface area contributed by atoms with E-state index in [1.165, 1.54) is 5.69 Å². The maximum atomic E-state index is 5.22. The molecule has 3 nitrogen and oxygen atoms in total. The third kappa shape index (κ3) is 3.65. The summed E-state index contributed by atoms with van der Waals surface area (Å²) in [5.74, 6) is 0.588. The maximum Gasteiger partial charge on any atom is 0.0618 e. The van der Waals surface area contributed by atoms with Gasteiger partial charge in [0.05, 0.1) is 6.61 Å². The molecule has 3 heteroatoms. The standard InChI is InChI=1S/C13H24N2O/c1-5-15-8-6-7-12(15)9-14-13(10-16-4)11(2)3/h6-8,11,13-14H,5,9-10H2,1-4H3. The van der Waals surface area contributed by atoms with E-state index in [1.54, 1.807) is 7.11 Å². The zero-order chi connectivity index (χ0) is 12.0. The Labute approximate surface area is 98.8 Å². The summed E-state index contributed by atoms with van der Waals surface area (Å²) < 4.78 is 7.48. The van der Waals surface area contributed by atoms with Crippen molar-refractivity contribution in [3.8, 4) is 0 Å². The van der Waals surface area contributed by atoms with Crippen LogP contribution in [0.2, 0.25) is 0 Å². The third-order valence-corrected chi connectivity index (χ3v) is 2.96. The molecule has 0 fully saturated rings. The Morgan fingerprint density at radius 3 is 2.75 bits per heavy atom. The summed E-state index contributed by atoms with van der Waals surface area (Å²) in [6.07, 6.45) is 2.12. The minimum Gasteiger partial charge on any atom is -0.383 e. The Bertz CT molecular complexity index is 294. The molecule has 16 heavy (non-hydrogen) atoms. The predicted molar refractivity (Wildman–Crippen MR) is 67.4 cm³/mol. The van der Waals surface area contributed by atoms with Gasteiger partial charge in [-0.3, -0.25) is 0 Å². The fraction of sp³-hybridized carbons (Fsp3) is 0.692. The third-order valence-electron chi connectivity index (χ3n) is 2.96. The lowest BCUT2D eigenvalue weighted by molar-refractivity contribution is 0.146. The van der Waals surface area contributed by atoms with Crippen LogP contribution in [0.5, 0.6) is 0 Å². The van der Waals surface area contributed by atoms with Crippen molar-refractivity contribution in [3.05, 3.63) is 24.0 Å². The molecule has 1 atom stereocenters. The van der Waals surface area contributed by atoms with Gasteiger partial charge in [0.2, 0.25) is 0 Å².